The number of aromatic nitrogens is 2. The van der Waals surface area contributed by atoms with Crippen molar-refractivity contribution in [3.05, 3.63) is 81.1 Å². The minimum absolute atomic E-state index is 0.103. The molecular formula is C24H23N3O3S. The van der Waals surface area contributed by atoms with Crippen LogP contribution in [0.25, 0.3) is 16.2 Å². The van der Waals surface area contributed by atoms with E-state index in [0.717, 1.165) is 22.4 Å². The Balaban J connectivity index is 1.49. The van der Waals surface area contributed by atoms with E-state index in [2.05, 4.69) is 10.3 Å². The highest BCUT2D eigenvalue weighted by Crippen LogP contribution is 2.26. The number of nitrogens with one attached hydrogen (secondary N) is 1. The van der Waals surface area contributed by atoms with Gasteiger partial charge < -0.3 is 10.1 Å². The van der Waals surface area contributed by atoms with E-state index in [1.54, 1.807) is 11.3 Å². The Hall–Kier alpha value is -3.45. The largest absolute Gasteiger partial charge is 0.481 e. The molecule has 1 atom stereocenters. The Kier molecular flexibility index (Phi) is 5.61. The summed E-state index contributed by atoms with van der Waals surface area (Å²) in [6, 6.07) is 14.8. The van der Waals surface area contributed by atoms with Crippen LogP contribution in [0.15, 0.2) is 58.7 Å². The maximum atomic E-state index is 12.6. The number of aryl methyl sites for hydroxylation is 3. The smallest absolute Gasteiger partial charge is 0.265 e. The third-order valence-electron chi connectivity index (χ3n) is 5.00. The number of nitrogens with zero attached hydrogens (tertiary/aromatic N) is 2. The van der Waals surface area contributed by atoms with Gasteiger partial charge in [0.25, 0.3) is 11.5 Å². The number of rotatable bonds is 5. The van der Waals surface area contributed by atoms with Crippen molar-refractivity contribution < 1.29 is 9.53 Å². The monoisotopic (exact) mass is 433 g/mol. The summed E-state index contributed by atoms with van der Waals surface area (Å²) in [5.41, 5.74) is 4.97. The molecule has 0 radical (unpaired) electrons. The maximum Gasteiger partial charge on any atom is 0.265 e. The standard InChI is InChI=1S/C24H23N3O3S/c1-14-5-6-15(2)21(11-14)30-17(4)23(29)26-19-9-7-18(8-10-19)20-13-31-24-25-16(3)12-22(28)27(20)24/h5-13,17H,1-4H3,(H,26,29)/t17-/m0/s1. The molecule has 2 heterocycles. The lowest BCUT2D eigenvalue weighted by molar-refractivity contribution is -0.122. The van der Waals surface area contributed by atoms with E-state index >= 15 is 0 Å². The van der Waals surface area contributed by atoms with Crippen molar-refractivity contribution in [3.8, 4) is 17.0 Å². The van der Waals surface area contributed by atoms with Gasteiger partial charge >= 0.3 is 0 Å². The molecule has 158 valence electrons. The topological polar surface area (TPSA) is 72.7 Å². The van der Waals surface area contributed by atoms with Crippen molar-refractivity contribution in [2.24, 2.45) is 0 Å². The zero-order valence-electron chi connectivity index (χ0n) is 17.8. The summed E-state index contributed by atoms with van der Waals surface area (Å²) in [5.74, 6) is 0.474. The van der Waals surface area contributed by atoms with Gasteiger partial charge in [0.15, 0.2) is 11.1 Å². The van der Waals surface area contributed by atoms with Crippen molar-refractivity contribution in [1.29, 1.82) is 0 Å². The molecule has 2 aromatic heterocycles. The third-order valence-corrected chi connectivity index (χ3v) is 5.82. The highest BCUT2D eigenvalue weighted by Gasteiger charge is 2.16. The van der Waals surface area contributed by atoms with Crippen LogP contribution in [0.2, 0.25) is 0 Å². The molecule has 0 saturated carbocycles. The molecule has 0 saturated heterocycles. The van der Waals surface area contributed by atoms with Crippen molar-refractivity contribution in [3.63, 3.8) is 0 Å². The van der Waals surface area contributed by atoms with Gasteiger partial charge in [0, 0.05) is 22.8 Å². The molecular weight excluding hydrogens is 410 g/mol. The van der Waals surface area contributed by atoms with Crippen LogP contribution in [-0.4, -0.2) is 21.4 Å². The van der Waals surface area contributed by atoms with Crippen molar-refractivity contribution in [1.82, 2.24) is 9.38 Å². The summed E-state index contributed by atoms with van der Waals surface area (Å²) in [7, 11) is 0. The Labute approximate surface area is 184 Å². The first-order valence-corrected chi connectivity index (χ1v) is 10.8. The van der Waals surface area contributed by atoms with Crippen molar-refractivity contribution in [2.45, 2.75) is 33.8 Å². The van der Waals surface area contributed by atoms with Crippen LogP contribution < -0.4 is 15.6 Å². The molecule has 0 aliphatic heterocycles. The minimum Gasteiger partial charge on any atom is -0.481 e. The third kappa shape index (κ3) is 4.36. The van der Waals surface area contributed by atoms with Gasteiger partial charge in [-0.3, -0.25) is 14.0 Å². The van der Waals surface area contributed by atoms with Gasteiger partial charge in [-0.15, -0.1) is 11.3 Å². The van der Waals surface area contributed by atoms with Gasteiger partial charge in [0.2, 0.25) is 0 Å². The SMILES string of the molecule is Cc1ccc(C)c(O[C@@H](C)C(=O)Nc2ccc(-c3csc4nc(C)cc(=O)n34)cc2)c1. The van der Waals surface area contributed by atoms with Crippen LogP contribution in [0.3, 0.4) is 0 Å². The number of hydrogen-bond acceptors (Lipinski definition) is 5. The summed E-state index contributed by atoms with van der Waals surface area (Å²) in [6.45, 7) is 7.47. The normalized spacial score (nSPS) is 12.0. The lowest BCUT2D eigenvalue weighted by atomic mass is 10.1. The number of ether oxygens (including phenoxy) is 1. The molecule has 7 heteroatoms. The van der Waals surface area contributed by atoms with Crippen molar-refractivity contribution >= 4 is 27.9 Å². The Morgan fingerprint density at radius 3 is 2.58 bits per heavy atom. The van der Waals surface area contributed by atoms with Gasteiger partial charge in [0.05, 0.1) is 5.69 Å². The first-order chi connectivity index (χ1) is 14.8. The van der Waals surface area contributed by atoms with Crippen LogP contribution in [-0.2, 0) is 4.79 Å². The van der Waals surface area contributed by atoms with Crippen LogP contribution in [0, 0.1) is 20.8 Å². The predicted molar refractivity (Wildman–Crippen MR) is 124 cm³/mol. The van der Waals surface area contributed by atoms with Gasteiger partial charge in [-0.1, -0.05) is 24.3 Å². The second kappa shape index (κ2) is 8.35. The highest BCUT2D eigenvalue weighted by molar-refractivity contribution is 7.15. The van der Waals surface area contributed by atoms with Gasteiger partial charge in [-0.25, -0.2) is 4.98 Å². The molecule has 0 aliphatic rings. The molecule has 2 aromatic carbocycles. The number of benzene rings is 2. The molecule has 4 aromatic rings. The highest BCUT2D eigenvalue weighted by atomic mass is 32.1. The summed E-state index contributed by atoms with van der Waals surface area (Å²) in [5, 5.41) is 4.80. The number of carbonyl (C=O) groups is 1. The number of thiazole rings is 1. The Morgan fingerprint density at radius 2 is 1.84 bits per heavy atom. The lowest BCUT2D eigenvalue weighted by Crippen LogP contribution is -2.30. The molecule has 1 N–H and O–H groups in total. The number of fused-ring (bicyclic) bond motifs is 1. The van der Waals surface area contributed by atoms with E-state index in [1.165, 1.54) is 17.4 Å². The van der Waals surface area contributed by atoms with Gasteiger partial charge in [-0.05, 0) is 62.6 Å². The fourth-order valence-corrected chi connectivity index (χ4v) is 4.23. The van der Waals surface area contributed by atoms with Crippen LogP contribution >= 0.6 is 11.3 Å². The first kappa shape index (κ1) is 20.8. The summed E-state index contributed by atoms with van der Waals surface area (Å²) < 4.78 is 7.46. The number of carbonyl (C=O) groups excluding carboxylic acids is 1. The van der Waals surface area contributed by atoms with E-state index in [9.17, 15) is 9.59 Å². The second-order valence-electron chi connectivity index (χ2n) is 7.57. The van der Waals surface area contributed by atoms with Gasteiger partial charge in [-0.2, -0.15) is 0 Å². The summed E-state index contributed by atoms with van der Waals surface area (Å²) in [4.78, 5) is 30.1. The molecule has 0 unspecified atom stereocenters. The maximum absolute atomic E-state index is 12.6. The molecule has 6 nitrogen and oxygen atoms in total. The fourth-order valence-electron chi connectivity index (χ4n) is 3.28. The van der Waals surface area contributed by atoms with Crippen LogP contribution in [0.1, 0.15) is 23.7 Å². The van der Waals surface area contributed by atoms with E-state index in [4.69, 9.17) is 4.74 Å². The molecule has 1 amide bonds. The molecule has 0 spiro atoms. The zero-order chi connectivity index (χ0) is 22.1. The van der Waals surface area contributed by atoms with Gasteiger partial charge in [0.1, 0.15) is 5.75 Å². The second-order valence-corrected chi connectivity index (χ2v) is 8.41. The number of amides is 1. The summed E-state index contributed by atoms with van der Waals surface area (Å²) >= 11 is 1.42. The zero-order valence-corrected chi connectivity index (χ0v) is 18.6. The molecule has 0 bridgehead atoms. The van der Waals surface area contributed by atoms with Crippen molar-refractivity contribution in [2.75, 3.05) is 5.32 Å². The predicted octanol–water partition coefficient (Wildman–Crippen LogP) is 4.75. The van der Waals surface area contributed by atoms with E-state index in [0.29, 0.717) is 22.1 Å². The Morgan fingerprint density at radius 1 is 1.10 bits per heavy atom. The lowest BCUT2D eigenvalue weighted by Gasteiger charge is -2.17. The van der Waals surface area contributed by atoms with E-state index < -0.39 is 6.10 Å². The Bertz CT molecular complexity index is 1320. The quantitative estimate of drug-likeness (QED) is 0.493. The number of hydrogen-bond donors (Lipinski definition) is 1. The first-order valence-electron chi connectivity index (χ1n) is 9.95. The van der Waals surface area contributed by atoms with E-state index in [-0.39, 0.29) is 11.5 Å². The fraction of sp³-hybridized carbons (Fsp3) is 0.208. The van der Waals surface area contributed by atoms with Crippen LogP contribution in [0.4, 0.5) is 5.69 Å². The molecule has 31 heavy (non-hydrogen) atoms. The number of anilines is 1. The molecule has 0 aliphatic carbocycles. The van der Waals surface area contributed by atoms with Crippen LogP contribution in [0.5, 0.6) is 5.75 Å². The summed E-state index contributed by atoms with van der Waals surface area (Å²) in [6.07, 6.45) is -0.645. The average molecular weight is 434 g/mol. The van der Waals surface area contributed by atoms with E-state index in [1.807, 2.05) is 68.6 Å². The molecule has 4 rings (SSSR count). The average Bonchev–Trinajstić information content (AvgIpc) is 3.15. The molecule has 0 fully saturated rings. The minimum atomic E-state index is -0.645.